The number of carbonyl (C=O) groups is 3. The number of nitrogens with zero attached hydrogens (tertiary/aromatic N) is 1. The summed E-state index contributed by atoms with van der Waals surface area (Å²) < 4.78 is 0. The van der Waals surface area contributed by atoms with E-state index in [2.05, 4.69) is 0 Å². The van der Waals surface area contributed by atoms with Gasteiger partial charge in [0.25, 0.3) is 11.8 Å². The molecular weight excluding hydrogens is 219 g/mol. The minimum Gasteiger partial charge on any atom is -0.279 e. The Morgan fingerprint density at radius 1 is 1.13 bits per heavy atom. The zero-order valence-corrected chi connectivity index (χ0v) is 8.32. The summed E-state index contributed by atoms with van der Waals surface area (Å²) in [5.74, 6) is -0.936. The highest BCUT2D eigenvalue weighted by Crippen LogP contribution is 2.22. The average molecular weight is 225 g/mol. The van der Waals surface area contributed by atoms with E-state index in [1.54, 1.807) is 24.3 Å². The van der Waals surface area contributed by atoms with E-state index in [4.69, 9.17) is 11.6 Å². The maximum Gasteiger partial charge on any atom is 0.262 e. The minimum absolute atomic E-state index is 0.320. The molecule has 1 aliphatic heterocycles. The lowest BCUT2D eigenvalue weighted by Gasteiger charge is -2.09. The lowest BCUT2D eigenvalue weighted by atomic mass is 10.1. The Balaban J connectivity index is 2.41. The monoisotopic (exact) mass is 224 g/mol. The second-order valence-corrected chi connectivity index (χ2v) is 3.52. The Morgan fingerprint density at radius 3 is 2.00 bits per heavy atom. The van der Waals surface area contributed by atoms with E-state index >= 15 is 0 Å². The van der Waals surface area contributed by atoms with E-state index in [-0.39, 0.29) is 6.54 Å². The van der Waals surface area contributed by atoms with Crippen LogP contribution in [0.4, 0.5) is 0 Å². The van der Waals surface area contributed by atoms with Gasteiger partial charge in [0.15, 0.2) is 0 Å². The van der Waals surface area contributed by atoms with Crippen molar-refractivity contribution in [1.29, 1.82) is 0 Å². The third-order valence-corrected chi connectivity index (χ3v) is 2.28. The van der Waals surface area contributed by atoms with Crippen LogP contribution in [-0.2, 0) is 4.79 Å². The Labute approximate surface area is 90.4 Å². The molecule has 15 heavy (non-hydrogen) atoms. The largest absolute Gasteiger partial charge is 0.279 e. The molecular formula is C10H6ClNO3. The van der Waals surface area contributed by atoms with Crippen LogP contribution in [0.15, 0.2) is 24.3 Å². The molecule has 2 rings (SSSR count). The summed E-state index contributed by atoms with van der Waals surface area (Å²) in [6.07, 6.45) is 0. The first kappa shape index (κ1) is 9.86. The van der Waals surface area contributed by atoms with Crippen LogP contribution < -0.4 is 0 Å². The Bertz CT molecular complexity index is 434. The van der Waals surface area contributed by atoms with E-state index < -0.39 is 17.1 Å². The Kier molecular flexibility index (Phi) is 2.28. The molecule has 0 saturated heterocycles. The molecule has 0 fully saturated rings. The van der Waals surface area contributed by atoms with Gasteiger partial charge in [0.05, 0.1) is 11.1 Å². The molecule has 0 unspecified atom stereocenters. The molecule has 0 atom stereocenters. The van der Waals surface area contributed by atoms with Crippen molar-refractivity contribution in [2.24, 2.45) is 0 Å². The van der Waals surface area contributed by atoms with Gasteiger partial charge in [-0.3, -0.25) is 19.3 Å². The van der Waals surface area contributed by atoms with Crippen molar-refractivity contribution in [2.75, 3.05) is 6.54 Å². The van der Waals surface area contributed by atoms with Crippen molar-refractivity contribution in [3.63, 3.8) is 0 Å². The van der Waals surface area contributed by atoms with Gasteiger partial charge in [-0.1, -0.05) is 12.1 Å². The average Bonchev–Trinajstić information content (AvgIpc) is 2.44. The van der Waals surface area contributed by atoms with Gasteiger partial charge in [-0.05, 0) is 23.7 Å². The number of hydrogen-bond donors (Lipinski definition) is 0. The molecule has 5 heteroatoms. The van der Waals surface area contributed by atoms with Gasteiger partial charge in [0.2, 0.25) is 5.24 Å². The molecule has 0 aliphatic carbocycles. The summed E-state index contributed by atoms with van der Waals surface area (Å²) in [7, 11) is 0. The van der Waals surface area contributed by atoms with Crippen molar-refractivity contribution in [3.8, 4) is 0 Å². The van der Waals surface area contributed by atoms with Crippen molar-refractivity contribution in [1.82, 2.24) is 4.90 Å². The Hall–Kier alpha value is -1.68. The van der Waals surface area contributed by atoms with Gasteiger partial charge < -0.3 is 0 Å². The van der Waals surface area contributed by atoms with Gasteiger partial charge in [-0.25, -0.2) is 0 Å². The first-order chi connectivity index (χ1) is 7.11. The molecule has 0 N–H and O–H groups in total. The van der Waals surface area contributed by atoms with Gasteiger partial charge in [0, 0.05) is 0 Å². The van der Waals surface area contributed by atoms with Gasteiger partial charge >= 0.3 is 0 Å². The third-order valence-electron chi connectivity index (χ3n) is 2.16. The minimum atomic E-state index is -0.732. The molecule has 0 spiro atoms. The number of hydrogen-bond acceptors (Lipinski definition) is 3. The Morgan fingerprint density at radius 2 is 1.60 bits per heavy atom. The normalized spacial score (nSPS) is 14.3. The fourth-order valence-corrected chi connectivity index (χ4v) is 1.63. The van der Waals surface area contributed by atoms with Crippen molar-refractivity contribution in [3.05, 3.63) is 35.4 Å². The molecule has 0 bridgehead atoms. The smallest absolute Gasteiger partial charge is 0.262 e. The second-order valence-electron chi connectivity index (χ2n) is 3.10. The summed E-state index contributed by atoms with van der Waals surface area (Å²) in [6.45, 7) is -0.381. The number of benzene rings is 1. The van der Waals surface area contributed by atoms with Crippen LogP contribution >= 0.6 is 11.6 Å². The maximum absolute atomic E-state index is 11.6. The van der Waals surface area contributed by atoms with E-state index in [1.807, 2.05) is 0 Å². The molecule has 2 amide bonds. The first-order valence-electron chi connectivity index (χ1n) is 4.25. The molecule has 1 aromatic carbocycles. The predicted molar refractivity (Wildman–Crippen MR) is 52.7 cm³/mol. The maximum atomic E-state index is 11.6. The molecule has 1 aromatic rings. The summed E-state index contributed by atoms with van der Waals surface area (Å²) in [6, 6.07) is 6.43. The predicted octanol–water partition coefficient (Wildman–Crippen LogP) is 1.05. The summed E-state index contributed by atoms with van der Waals surface area (Å²) in [5, 5.41) is -0.732. The number of amides is 2. The van der Waals surface area contributed by atoms with E-state index in [0.29, 0.717) is 11.1 Å². The summed E-state index contributed by atoms with van der Waals surface area (Å²) in [4.78, 5) is 34.8. The van der Waals surface area contributed by atoms with Gasteiger partial charge in [0.1, 0.15) is 6.54 Å². The SMILES string of the molecule is O=C(Cl)[13CH2]N1C(=O)c2ccccc2C1=O. The van der Waals surface area contributed by atoms with Crippen molar-refractivity contribution >= 4 is 28.7 Å². The molecule has 0 radical (unpaired) electrons. The molecule has 4 nitrogen and oxygen atoms in total. The quantitative estimate of drug-likeness (QED) is 0.429. The fourth-order valence-electron chi connectivity index (χ4n) is 1.51. The topological polar surface area (TPSA) is 54.5 Å². The van der Waals surface area contributed by atoms with Crippen molar-refractivity contribution < 1.29 is 14.4 Å². The lowest BCUT2D eigenvalue weighted by Crippen LogP contribution is -2.33. The number of rotatable bonds is 2. The third kappa shape index (κ3) is 1.53. The summed E-state index contributed by atoms with van der Waals surface area (Å²) in [5.41, 5.74) is 0.640. The van der Waals surface area contributed by atoms with Crippen LogP contribution in [-0.4, -0.2) is 28.5 Å². The highest BCUT2D eigenvalue weighted by atomic mass is 35.5. The number of fused-ring (bicyclic) bond motifs is 1. The van der Waals surface area contributed by atoms with Crippen molar-refractivity contribution in [2.45, 2.75) is 0 Å². The summed E-state index contributed by atoms with van der Waals surface area (Å²) >= 11 is 5.15. The fraction of sp³-hybridized carbons (Fsp3) is 0.100. The van der Waals surface area contributed by atoms with Crippen LogP contribution in [0.5, 0.6) is 0 Å². The number of carbonyl (C=O) groups excluding carboxylic acids is 3. The van der Waals surface area contributed by atoms with E-state index in [1.165, 1.54) is 0 Å². The standard InChI is InChI=1S/C10H6ClNO3/c11-8(13)5-12-9(14)6-3-1-2-4-7(6)10(12)15/h1-4H,5H2/i5+1. The molecule has 1 aliphatic rings. The molecule has 1 heterocycles. The zero-order chi connectivity index (χ0) is 11.0. The van der Waals surface area contributed by atoms with Gasteiger partial charge in [-0.15, -0.1) is 0 Å². The highest BCUT2D eigenvalue weighted by Gasteiger charge is 2.35. The van der Waals surface area contributed by atoms with Crippen LogP contribution in [0, 0.1) is 0 Å². The lowest BCUT2D eigenvalue weighted by molar-refractivity contribution is -0.112. The van der Waals surface area contributed by atoms with Gasteiger partial charge in [-0.2, -0.15) is 0 Å². The second kappa shape index (κ2) is 3.47. The number of imide groups is 1. The van der Waals surface area contributed by atoms with E-state index in [0.717, 1.165) is 4.90 Å². The molecule has 0 saturated carbocycles. The zero-order valence-electron chi connectivity index (χ0n) is 7.57. The number of halogens is 1. The van der Waals surface area contributed by atoms with Crippen LogP contribution in [0.1, 0.15) is 20.7 Å². The van der Waals surface area contributed by atoms with E-state index in [9.17, 15) is 14.4 Å². The van der Waals surface area contributed by atoms with Crippen LogP contribution in [0.25, 0.3) is 0 Å². The highest BCUT2D eigenvalue weighted by molar-refractivity contribution is 6.64. The van der Waals surface area contributed by atoms with Crippen LogP contribution in [0.3, 0.4) is 0 Å². The molecule has 0 aromatic heterocycles. The molecule has 76 valence electrons. The first-order valence-corrected chi connectivity index (χ1v) is 4.62. The van der Waals surface area contributed by atoms with Crippen LogP contribution in [0.2, 0.25) is 0 Å².